The Morgan fingerprint density at radius 3 is 2.35 bits per heavy atom. The summed E-state index contributed by atoms with van der Waals surface area (Å²) in [5, 5.41) is 3.31. The molecule has 0 unspecified atom stereocenters. The molecular weight excluding hydrogens is 381 g/mol. The van der Waals surface area contributed by atoms with Gasteiger partial charge in [0.15, 0.2) is 18.1 Å². The SMILES string of the molecule is CCOc1cc(C(=O)OCC(=O)Nc2cc(Cl)cc(Cl)c2)ccc1OC. The van der Waals surface area contributed by atoms with Gasteiger partial charge in [0.05, 0.1) is 19.3 Å². The van der Waals surface area contributed by atoms with Gasteiger partial charge in [0.2, 0.25) is 0 Å². The molecule has 0 atom stereocenters. The first-order valence-electron chi connectivity index (χ1n) is 7.66. The van der Waals surface area contributed by atoms with Gasteiger partial charge in [-0.15, -0.1) is 0 Å². The van der Waals surface area contributed by atoms with Crippen LogP contribution in [-0.2, 0) is 9.53 Å². The van der Waals surface area contributed by atoms with Crippen LogP contribution >= 0.6 is 23.2 Å². The molecule has 138 valence electrons. The maximum absolute atomic E-state index is 12.1. The van der Waals surface area contributed by atoms with Crippen molar-refractivity contribution in [3.05, 3.63) is 52.0 Å². The van der Waals surface area contributed by atoms with Crippen molar-refractivity contribution in [2.75, 3.05) is 25.6 Å². The van der Waals surface area contributed by atoms with E-state index in [9.17, 15) is 9.59 Å². The third-order valence-corrected chi connectivity index (χ3v) is 3.62. The van der Waals surface area contributed by atoms with Gasteiger partial charge < -0.3 is 19.5 Å². The molecule has 26 heavy (non-hydrogen) atoms. The summed E-state index contributed by atoms with van der Waals surface area (Å²) in [6.45, 7) is 1.77. The smallest absolute Gasteiger partial charge is 0.338 e. The van der Waals surface area contributed by atoms with E-state index in [-0.39, 0.29) is 5.56 Å². The zero-order chi connectivity index (χ0) is 19.1. The second-order valence-corrected chi connectivity index (χ2v) is 5.95. The molecule has 0 aromatic heterocycles. The van der Waals surface area contributed by atoms with Crippen molar-refractivity contribution in [1.29, 1.82) is 0 Å². The molecule has 2 aromatic carbocycles. The Morgan fingerprint density at radius 2 is 1.73 bits per heavy atom. The van der Waals surface area contributed by atoms with E-state index < -0.39 is 18.5 Å². The van der Waals surface area contributed by atoms with E-state index in [1.807, 2.05) is 6.92 Å². The van der Waals surface area contributed by atoms with Crippen LogP contribution in [-0.4, -0.2) is 32.2 Å². The molecule has 0 saturated carbocycles. The molecule has 1 N–H and O–H groups in total. The van der Waals surface area contributed by atoms with Gasteiger partial charge >= 0.3 is 5.97 Å². The van der Waals surface area contributed by atoms with Gasteiger partial charge in [-0.05, 0) is 43.3 Å². The van der Waals surface area contributed by atoms with Crippen LogP contribution < -0.4 is 14.8 Å². The summed E-state index contributed by atoms with van der Waals surface area (Å²) in [5.74, 6) is -0.260. The Morgan fingerprint density at radius 1 is 1.04 bits per heavy atom. The van der Waals surface area contributed by atoms with E-state index in [2.05, 4.69) is 5.32 Å². The predicted molar refractivity (Wildman–Crippen MR) is 99.5 cm³/mol. The third kappa shape index (κ3) is 5.54. The average molecular weight is 398 g/mol. The van der Waals surface area contributed by atoms with Crippen molar-refractivity contribution in [2.24, 2.45) is 0 Å². The summed E-state index contributed by atoms with van der Waals surface area (Å²) in [6.07, 6.45) is 0. The number of amides is 1. The highest BCUT2D eigenvalue weighted by molar-refractivity contribution is 6.35. The minimum Gasteiger partial charge on any atom is -0.493 e. The number of halogens is 2. The van der Waals surface area contributed by atoms with Crippen molar-refractivity contribution < 1.29 is 23.8 Å². The van der Waals surface area contributed by atoms with Gasteiger partial charge in [0.1, 0.15) is 0 Å². The highest BCUT2D eigenvalue weighted by Gasteiger charge is 2.14. The van der Waals surface area contributed by atoms with Gasteiger partial charge in [0.25, 0.3) is 5.91 Å². The van der Waals surface area contributed by atoms with E-state index in [4.69, 9.17) is 37.4 Å². The van der Waals surface area contributed by atoms with Gasteiger partial charge in [-0.1, -0.05) is 23.2 Å². The third-order valence-electron chi connectivity index (χ3n) is 3.18. The van der Waals surface area contributed by atoms with Crippen LogP contribution in [0.3, 0.4) is 0 Å². The molecule has 0 radical (unpaired) electrons. The van der Waals surface area contributed by atoms with Crippen LogP contribution in [0.4, 0.5) is 5.69 Å². The normalized spacial score (nSPS) is 10.2. The molecule has 0 aliphatic heterocycles. The summed E-state index contributed by atoms with van der Waals surface area (Å²) in [5.41, 5.74) is 0.652. The number of benzene rings is 2. The van der Waals surface area contributed by atoms with Crippen molar-refractivity contribution in [3.63, 3.8) is 0 Å². The lowest BCUT2D eigenvalue weighted by molar-refractivity contribution is -0.119. The Balaban J connectivity index is 1.97. The van der Waals surface area contributed by atoms with Crippen LogP contribution in [0.15, 0.2) is 36.4 Å². The molecule has 0 saturated heterocycles. The van der Waals surface area contributed by atoms with Crippen LogP contribution in [0.2, 0.25) is 10.0 Å². The number of hydrogen-bond donors (Lipinski definition) is 1. The predicted octanol–water partition coefficient (Wildman–Crippen LogP) is 4.20. The number of hydrogen-bond acceptors (Lipinski definition) is 5. The summed E-state index contributed by atoms with van der Waals surface area (Å²) >= 11 is 11.7. The van der Waals surface area contributed by atoms with E-state index >= 15 is 0 Å². The van der Waals surface area contributed by atoms with Crippen LogP contribution in [0.25, 0.3) is 0 Å². The summed E-state index contributed by atoms with van der Waals surface area (Å²) in [4.78, 5) is 24.0. The van der Waals surface area contributed by atoms with Crippen molar-refractivity contribution in [3.8, 4) is 11.5 Å². The van der Waals surface area contributed by atoms with Crippen LogP contribution in [0.5, 0.6) is 11.5 Å². The fourth-order valence-electron chi connectivity index (χ4n) is 2.11. The zero-order valence-electron chi connectivity index (χ0n) is 14.2. The maximum atomic E-state index is 12.1. The Hall–Kier alpha value is -2.44. The second kappa shape index (κ2) is 9.31. The number of esters is 1. The molecule has 0 heterocycles. The largest absolute Gasteiger partial charge is 0.493 e. The number of nitrogens with one attached hydrogen (secondary N) is 1. The second-order valence-electron chi connectivity index (χ2n) is 5.08. The molecule has 2 rings (SSSR count). The molecule has 0 aliphatic rings. The van der Waals surface area contributed by atoms with E-state index in [0.29, 0.717) is 33.8 Å². The summed E-state index contributed by atoms with van der Waals surface area (Å²) < 4.78 is 15.6. The molecule has 0 fully saturated rings. The fourth-order valence-corrected chi connectivity index (χ4v) is 2.64. The Bertz CT molecular complexity index is 790. The molecule has 6 nitrogen and oxygen atoms in total. The molecule has 0 aliphatic carbocycles. The number of anilines is 1. The lowest BCUT2D eigenvalue weighted by atomic mass is 10.2. The molecule has 8 heteroatoms. The van der Waals surface area contributed by atoms with Crippen molar-refractivity contribution >= 4 is 40.8 Å². The van der Waals surface area contributed by atoms with Crippen molar-refractivity contribution in [2.45, 2.75) is 6.92 Å². The van der Waals surface area contributed by atoms with Crippen LogP contribution in [0, 0.1) is 0 Å². The number of ether oxygens (including phenoxy) is 3. The number of rotatable bonds is 7. The first-order chi connectivity index (χ1) is 12.4. The molecule has 1 amide bonds. The monoisotopic (exact) mass is 397 g/mol. The quantitative estimate of drug-likeness (QED) is 0.708. The molecular formula is C18H17Cl2NO5. The highest BCUT2D eigenvalue weighted by atomic mass is 35.5. The highest BCUT2D eigenvalue weighted by Crippen LogP contribution is 2.28. The van der Waals surface area contributed by atoms with E-state index in [1.54, 1.807) is 12.1 Å². The van der Waals surface area contributed by atoms with Gasteiger partial charge in [-0.3, -0.25) is 4.79 Å². The van der Waals surface area contributed by atoms with Gasteiger partial charge in [-0.25, -0.2) is 4.79 Å². The van der Waals surface area contributed by atoms with Gasteiger partial charge in [0, 0.05) is 15.7 Å². The van der Waals surface area contributed by atoms with Gasteiger partial charge in [-0.2, -0.15) is 0 Å². The lowest BCUT2D eigenvalue weighted by Crippen LogP contribution is -2.21. The average Bonchev–Trinajstić information content (AvgIpc) is 2.59. The first kappa shape index (κ1) is 19.9. The zero-order valence-corrected chi connectivity index (χ0v) is 15.7. The maximum Gasteiger partial charge on any atom is 0.338 e. The topological polar surface area (TPSA) is 73.9 Å². The standard InChI is InChI=1S/C18H17Cl2NO5/c1-3-25-16-6-11(4-5-15(16)24-2)18(23)26-10-17(22)21-14-8-12(19)7-13(20)9-14/h4-9H,3,10H2,1-2H3,(H,21,22). The number of carbonyl (C=O) groups is 2. The van der Waals surface area contributed by atoms with E-state index in [1.165, 1.54) is 31.4 Å². The Kier molecular flexibility index (Phi) is 7.12. The first-order valence-corrected chi connectivity index (χ1v) is 8.42. The lowest BCUT2D eigenvalue weighted by Gasteiger charge is -2.11. The number of methoxy groups -OCH3 is 1. The minimum atomic E-state index is -0.659. The summed E-state index contributed by atoms with van der Waals surface area (Å²) in [6, 6.07) is 9.22. The van der Waals surface area contributed by atoms with E-state index in [0.717, 1.165) is 0 Å². The van der Waals surface area contributed by atoms with Crippen LogP contribution in [0.1, 0.15) is 17.3 Å². The van der Waals surface area contributed by atoms with Crippen molar-refractivity contribution in [1.82, 2.24) is 0 Å². The fraction of sp³-hybridized carbons (Fsp3) is 0.222. The summed E-state index contributed by atoms with van der Waals surface area (Å²) in [7, 11) is 1.50. The molecule has 2 aromatic rings. The Labute approximate surface area is 160 Å². The number of carbonyl (C=O) groups excluding carboxylic acids is 2. The molecule has 0 spiro atoms. The minimum absolute atomic E-state index is 0.243. The molecule has 0 bridgehead atoms.